The molecule has 1 aromatic rings. The predicted molar refractivity (Wildman–Crippen MR) is 59.5 cm³/mol. The lowest BCUT2D eigenvalue weighted by Crippen LogP contribution is -2.18. The average Bonchev–Trinajstić information content (AvgIpc) is 2.15. The normalized spacial score (nSPS) is 12.8. The zero-order valence-electron chi connectivity index (χ0n) is 8.33. The quantitative estimate of drug-likeness (QED) is 0.736. The fourth-order valence-corrected chi connectivity index (χ4v) is 1.38. The first kappa shape index (κ1) is 11.5. The lowest BCUT2D eigenvalue weighted by Gasteiger charge is -2.07. The van der Waals surface area contributed by atoms with Crippen LogP contribution in [0.4, 0.5) is 0 Å². The Morgan fingerprint density at radius 2 is 2.14 bits per heavy atom. The van der Waals surface area contributed by atoms with Gasteiger partial charge in [-0.3, -0.25) is 0 Å². The van der Waals surface area contributed by atoms with Crippen LogP contribution < -0.4 is 5.32 Å². The number of hydrogen-bond acceptors (Lipinski definition) is 2. The van der Waals surface area contributed by atoms with E-state index in [-0.39, 0.29) is 6.10 Å². The van der Waals surface area contributed by atoms with Crippen LogP contribution in [0, 0.1) is 0 Å². The summed E-state index contributed by atoms with van der Waals surface area (Å²) in [5, 5.41) is 13.1. The minimum Gasteiger partial charge on any atom is -0.393 e. The fourth-order valence-electron chi connectivity index (χ4n) is 1.18. The van der Waals surface area contributed by atoms with E-state index in [2.05, 4.69) is 5.32 Å². The van der Waals surface area contributed by atoms with E-state index in [1.54, 1.807) is 6.92 Å². The van der Waals surface area contributed by atoms with E-state index in [0.717, 1.165) is 30.1 Å². The van der Waals surface area contributed by atoms with Crippen molar-refractivity contribution in [3.63, 3.8) is 0 Å². The third kappa shape index (κ3) is 4.09. The van der Waals surface area contributed by atoms with Crippen molar-refractivity contribution in [2.75, 3.05) is 6.54 Å². The van der Waals surface area contributed by atoms with Crippen LogP contribution in [0.25, 0.3) is 0 Å². The summed E-state index contributed by atoms with van der Waals surface area (Å²) in [6, 6.07) is 7.77. The zero-order valence-corrected chi connectivity index (χ0v) is 9.09. The molecule has 0 heterocycles. The molecule has 2 nitrogen and oxygen atoms in total. The number of hydrogen-bond donors (Lipinski definition) is 2. The number of halogens is 1. The minimum absolute atomic E-state index is 0.242. The van der Waals surface area contributed by atoms with Crippen molar-refractivity contribution in [1.82, 2.24) is 5.32 Å². The molecule has 0 aromatic heterocycles. The van der Waals surface area contributed by atoms with Gasteiger partial charge in [-0.1, -0.05) is 29.8 Å². The molecule has 14 heavy (non-hydrogen) atoms. The molecule has 0 aliphatic rings. The van der Waals surface area contributed by atoms with E-state index in [4.69, 9.17) is 16.7 Å². The largest absolute Gasteiger partial charge is 0.393 e. The summed E-state index contributed by atoms with van der Waals surface area (Å²) in [5.41, 5.74) is 1.10. The van der Waals surface area contributed by atoms with Gasteiger partial charge in [0.05, 0.1) is 6.10 Å². The van der Waals surface area contributed by atoms with Crippen molar-refractivity contribution in [2.24, 2.45) is 0 Å². The lowest BCUT2D eigenvalue weighted by atomic mass is 10.2. The van der Waals surface area contributed by atoms with Crippen molar-refractivity contribution in [3.8, 4) is 0 Å². The van der Waals surface area contributed by atoms with Gasteiger partial charge in [0.15, 0.2) is 0 Å². The van der Waals surface area contributed by atoms with Gasteiger partial charge in [0.25, 0.3) is 0 Å². The van der Waals surface area contributed by atoms with Crippen LogP contribution in [-0.4, -0.2) is 17.8 Å². The maximum atomic E-state index is 9.04. The number of rotatable bonds is 5. The summed E-state index contributed by atoms with van der Waals surface area (Å²) in [4.78, 5) is 0. The van der Waals surface area contributed by atoms with Gasteiger partial charge >= 0.3 is 0 Å². The molecule has 0 aliphatic heterocycles. The Bertz CT molecular complexity index is 276. The molecular weight excluding hydrogens is 198 g/mol. The van der Waals surface area contributed by atoms with E-state index < -0.39 is 0 Å². The zero-order chi connectivity index (χ0) is 10.4. The molecule has 0 amide bonds. The second-order valence-corrected chi connectivity index (χ2v) is 3.81. The smallest absolute Gasteiger partial charge is 0.0524 e. The Balaban J connectivity index is 2.28. The van der Waals surface area contributed by atoms with E-state index in [1.165, 1.54) is 0 Å². The van der Waals surface area contributed by atoms with Crippen molar-refractivity contribution in [3.05, 3.63) is 34.9 Å². The minimum atomic E-state index is -0.242. The lowest BCUT2D eigenvalue weighted by molar-refractivity contribution is 0.183. The van der Waals surface area contributed by atoms with Crippen LogP contribution in [0.1, 0.15) is 18.9 Å². The summed E-state index contributed by atoms with van der Waals surface area (Å²) in [5.74, 6) is 0. The van der Waals surface area contributed by atoms with E-state index >= 15 is 0 Å². The summed E-state index contributed by atoms with van der Waals surface area (Å²) in [6.45, 7) is 3.35. The first-order valence-electron chi connectivity index (χ1n) is 4.82. The average molecular weight is 214 g/mol. The Kier molecular flexibility index (Phi) is 4.94. The maximum absolute atomic E-state index is 9.04. The Hall–Kier alpha value is -0.570. The molecule has 1 atom stereocenters. The summed E-state index contributed by atoms with van der Waals surface area (Å²) in [7, 11) is 0. The Labute approximate surface area is 89.9 Å². The van der Waals surface area contributed by atoms with Gasteiger partial charge in [-0.15, -0.1) is 0 Å². The van der Waals surface area contributed by atoms with Crippen molar-refractivity contribution < 1.29 is 5.11 Å². The van der Waals surface area contributed by atoms with Gasteiger partial charge in [-0.2, -0.15) is 0 Å². The second-order valence-electron chi connectivity index (χ2n) is 3.41. The second kappa shape index (κ2) is 6.02. The van der Waals surface area contributed by atoms with E-state index in [9.17, 15) is 0 Å². The first-order valence-corrected chi connectivity index (χ1v) is 5.20. The molecule has 0 saturated carbocycles. The molecular formula is C11H16ClNO. The molecule has 78 valence electrons. The van der Waals surface area contributed by atoms with Crippen LogP contribution >= 0.6 is 11.6 Å². The molecule has 0 aliphatic carbocycles. The van der Waals surface area contributed by atoms with E-state index in [0.29, 0.717) is 0 Å². The maximum Gasteiger partial charge on any atom is 0.0524 e. The molecule has 2 N–H and O–H groups in total. The highest BCUT2D eigenvalue weighted by molar-refractivity contribution is 6.31. The first-order chi connectivity index (χ1) is 6.70. The van der Waals surface area contributed by atoms with Crippen LogP contribution in [0.2, 0.25) is 5.02 Å². The van der Waals surface area contributed by atoms with Gasteiger partial charge in [-0.05, 0) is 31.5 Å². The van der Waals surface area contributed by atoms with Crippen molar-refractivity contribution in [1.29, 1.82) is 0 Å². The van der Waals surface area contributed by atoms with Crippen LogP contribution in [0.15, 0.2) is 24.3 Å². The molecule has 0 saturated heterocycles. The molecule has 1 aromatic carbocycles. The third-order valence-corrected chi connectivity index (χ3v) is 2.38. The Morgan fingerprint density at radius 1 is 1.43 bits per heavy atom. The monoisotopic (exact) mass is 213 g/mol. The van der Waals surface area contributed by atoms with Crippen molar-refractivity contribution >= 4 is 11.6 Å². The standard InChI is InChI=1S/C11H16ClNO/c1-9(14)6-7-13-8-10-4-2-3-5-11(10)12/h2-5,9,13-14H,6-8H2,1H3/t9-/m0/s1. The highest BCUT2D eigenvalue weighted by Gasteiger charge is 1.98. The summed E-state index contributed by atoms with van der Waals surface area (Å²) >= 11 is 5.98. The van der Waals surface area contributed by atoms with E-state index in [1.807, 2.05) is 24.3 Å². The highest BCUT2D eigenvalue weighted by Crippen LogP contribution is 2.14. The Morgan fingerprint density at radius 3 is 2.79 bits per heavy atom. The molecule has 1 rings (SSSR count). The topological polar surface area (TPSA) is 32.3 Å². The van der Waals surface area contributed by atoms with Crippen molar-refractivity contribution in [2.45, 2.75) is 26.0 Å². The molecule has 0 unspecified atom stereocenters. The van der Waals surface area contributed by atoms with Gasteiger partial charge < -0.3 is 10.4 Å². The number of aliphatic hydroxyl groups is 1. The molecule has 0 spiro atoms. The molecule has 0 fully saturated rings. The fraction of sp³-hybridized carbons (Fsp3) is 0.455. The van der Waals surface area contributed by atoms with Crippen LogP contribution in [-0.2, 0) is 6.54 Å². The SMILES string of the molecule is C[C@H](O)CCNCc1ccccc1Cl. The van der Waals surface area contributed by atoms with Gasteiger partial charge in [0, 0.05) is 11.6 Å². The molecule has 0 bridgehead atoms. The summed E-state index contributed by atoms with van der Waals surface area (Å²) < 4.78 is 0. The summed E-state index contributed by atoms with van der Waals surface area (Å²) in [6.07, 6.45) is 0.526. The third-order valence-electron chi connectivity index (χ3n) is 2.01. The highest BCUT2D eigenvalue weighted by atomic mass is 35.5. The van der Waals surface area contributed by atoms with Crippen LogP contribution in [0.5, 0.6) is 0 Å². The predicted octanol–water partition coefficient (Wildman–Crippen LogP) is 2.20. The number of nitrogens with one attached hydrogen (secondary N) is 1. The number of benzene rings is 1. The van der Waals surface area contributed by atoms with Gasteiger partial charge in [0.1, 0.15) is 0 Å². The van der Waals surface area contributed by atoms with Crippen LogP contribution in [0.3, 0.4) is 0 Å². The molecule has 0 radical (unpaired) electrons. The van der Waals surface area contributed by atoms with Gasteiger partial charge in [0.2, 0.25) is 0 Å². The number of aliphatic hydroxyl groups excluding tert-OH is 1. The van der Waals surface area contributed by atoms with Gasteiger partial charge in [-0.25, -0.2) is 0 Å². The molecule has 3 heteroatoms.